The number of phenolic OH excluding ortho intramolecular Hbond substituents is 1. The van der Waals surface area contributed by atoms with Gasteiger partial charge in [0.2, 0.25) is 0 Å². The maximum atomic E-state index is 13.1. The number of amides is 1. The summed E-state index contributed by atoms with van der Waals surface area (Å²) in [6, 6.07) is 3.59. The van der Waals surface area contributed by atoms with E-state index in [1.807, 2.05) is 13.0 Å². The van der Waals surface area contributed by atoms with Crippen LogP contribution in [0, 0.1) is 5.92 Å². The maximum absolute atomic E-state index is 13.1. The van der Waals surface area contributed by atoms with Crippen molar-refractivity contribution in [1.82, 2.24) is 10.2 Å². The highest BCUT2D eigenvalue weighted by atomic mass is 16.5. The molecule has 2 bridgehead atoms. The molecule has 35 heavy (non-hydrogen) atoms. The second-order valence-corrected chi connectivity index (χ2v) is 11.8. The Morgan fingerprint density at radius 1 is 1.20 bits per heavy atom. The molecule has 7 heteroatoms. The van der Waals surface area contributed by atoms with Crippen LogP contribution in [-0.2, 0) is 16.6 Å². The predicted octanol–water partition coefficient (Wildman–Crippen LogP) is 3.46. The molecule has 4 N–H and O–H groups in total. The predicted molar refractivity (Wildman–Crippen MR) is 132 cm³/mol. The number of fused-ring (bicyclic) bond motifs is 1. The van der Waals surface area contributed by atoms with Crippen molar-refractivity contribution in [2.45, 2.75) is 101 Å². The van der Waals surface area contributed by atoms with E-state index in [0.29, 0.717) is 24.5 Å². The summed E-state index contributed by atoms with van der Waals surface area (Å²) in [7, 11) is 0. The fourth-order valence-corrected chi connectivity index (χ4v) is 7.43. The molecule has 2 aliphatic heterocycles. The van der Waals surface area contributed by atoms with E-state index in [9.17, 15) is 20.1 Å². The van der Waals surface area contributed by atoms with E-state index in [0.717, 1.165) is 49.9 Å². The number of hydrogen-bond acceptors (Lipinski definition) is 6. The number of aromatic hydroxyl groups is 1. The number of hydrogen-bond donors (Lipinski definition) is 4. The first-order valence-corrected chi connectivity index (χ1v) is 13.4. The highest BCUT2D eigenvalue weighted by Gasteiger charge is 2.69. The molecular weight excluding hydrogens is 444 g/mol. The normalized spacial score (nSPS) is 35.2. The van der Waals surface area contributed by atoms with Crippen molar-refractivity contribution in [3.63, 3.8) is 0 Å². The van der Waals surface area contributed by atoms with E-state index >= 15 is 0 Å². The largest absolute Gasteiger partial charge is 0.508 e. The van der Waals surface area contributed by atoms with Gasteiger partial charge >= 0.3 is 0 Å². The number of rotatable bonds is 5. The van der Waals surface area contributed by atoms with Gasteiger partial charge in [0.05, 0.1) is 16.6 Å². The van der Waals surface area contributed by atoms with Crippen LogP contribution in [0.5, 0.6) is 11.5 Å². The van der Waals surface area contributed by atoms with E-state index in [2.05, 4.69) is 10.2 Å². The Bertz CT molecular complexity index is 1070. The molecule has 0 unspecified atom stereocenters. The van der Waals surface area contributed by atoms with E-state index < -0.39 is 17.1 Å². The molecule has 1 aromatic rings. The summed E-state index contributed by atoms with van der Waals surface area (Å²) in [5.41, 5.74) is -0.0562. The Morgan fingerprint density at radius 3 is 2.66 bits per heavy atom. The molecule has 0 radical (unpaired) electrons. The lowest BCUT2D eigenvalue weighted by Gasteiger charge is -2.59. The van der Waals surface area contributed by atoms with E-state index in [1.54, 1.807) is 13.0 Å². The summed E-state index contributed by atoms with van der Waals surface area (Å²) in [4.78, 5) is 15.5. The van der Waals surface area contributed by atoms with Gasteiger partial charge in [-0.25, -0.2) is 0 Å². The fraction of sp³-hybridized carbons (Fsp3) is 0.679. The third-order valence-electron chi connectivity index (χ3n) is 9.66. The first-order chi connectivity index (χ1) is 16.7. The van der Waals surface area contributed by atoms with Crippen molar-refractivity contribution >= 4 is 5.91 Å². The number of phenols is 1. The Morgan fingerprint density at radius 2 is 1.94 bits per heavy atom. The number of ether oxygens (including phenoxy) is 1. The topological polar surface area (TPSA) is 102 Å². The summed E-state index contributed by atoms with van der Waals surface area (Å²) in [6.07, 6.45) is 8.14. The van der Waals surface area contributed by atoms with Crippen LogP contribution < -0.4 is 10.1 Å². The zero-order valence-corrected chi connectivity index (χ0v) is 20.8. The molecule has 5 aliphatic rings. The minimum atomic E-state index is -1.20. The van der Waals surface area contributed by atoms with Gasteiger partial charge in [-0.05, 0) is 76.5 Å². The summed E-state index contributed by atoms with van der Waals surface area (Å²) in [5, 5.41) is 37.6. The molecule has 1 aromatic carbocycles. The molecule has 6 rings (SSSR count). The van der Waals surface area contributed by atoms with Gasteiger partial charge in [0, 0.05) is 24.2 Å². The number of likely N-dealkylation sites (tertiary alicyclic amines) is 1. The van der Waals surface area contributed by atoms with Gasteiger partial charge in [-0.3, -0.25) is 9.69 Å². The molecule has 3 fully saturated rings. The van der Waals surface area contributed by atoms with Gasteiger partial charge in [0.1, 0.15) is 5.76 Å². The monoisotopic (exact) mass is 482 g/mol. The van der Waals surface area contributed by atoms with Crippen molar-refractivity contribution in [2.75, 3.05) is 13.1 Å². The lowest BCUT2D eigenvalue weighted by Crippen LogP contribution is -2.73. The molecular formula is C28H38N2O5. The molecule has 1 saturated heterocycles. The zero-order valence-electron chi connectivity index (χ0n) is 20.8. The smallest absolute Gasteiger partial charge is 0.250 e. The lowest BCUT2D eigenvalue weighted by atomic mass is 9.53. The van der Waals surface area contributed by atoms with Crippen molar-refractivity contribution in [3.8, 4) is 11.5 Å². The van der Waals surface area contributed by atoms with Crippen molar-refractivity contribution in [1.29, 1.82) is 0 Å². The van der Waals surface area contributed by atoms with E-state index in [-0.39, 0.29) is 35.1 Å². The number of nitrogens with one attached hydrogen (secondary N) is 1. The molecule has 4 atom stereocenters. The van der Waals surface area contributed by atoms with Crippen molar-refractivity contribution in [3.05, 3.63) is 34.6 Å². The summed E-state index contributed by atoms with van der Waals surface area (Å²) >= 11 is 0. The Kier molecular flexibility index (Phi) is 5.38. The number of piperidine rings is 1. The minimum absolute atomic E-state index is 0.0115. The number of carbonyl (C=O) groups excluding carboxylic acids is 1. The van der Waals surface area contributed by atoms with Gasteiger partial charge in [-0.1, -0.05) is 25.3 Å². The van der Waals surface area contributed by atoms with Crippen molar-refractivity contribution in [2.24, 2.45) is 5.92 Å². The first-order valence-electron chi connectivity index (χ1n) is 13.4. The number of carbonyl (C=O) groups is 1. The van der Waals surface area contributed by atoms with Crippen LogP contribution in [0.3, 0.4) is 0 Å². The molecule has 1 amide bonds. The standard InChI is InChI=1S/C28H38N2O5/c1-16(26(33)29-19-6-4-3-5-7-19)23(32)25-28-12-13-30(15-17-8-9-17)21(27(28,2)34)14-18-10-11-20(31)24(35-25)22(18)28/h10-11,17,19,21,25,31-32,34H,3-9,12-15H2,1-2H3,(H,29,33)/b23-16-/t21-,25+,27-,28+/m1/s1. The maximum Gasteiger partial charge on any atom is 0.250 e. The highest BCUT2D eigenvalue weighted by molar-refractivity contribution is 5.93. The molecule has 190 valence electrons. The van der Waals surface area contributed by atoms with E-state index in [1.165, 1.54) is 19.3 Å². The number of aliphatic hydroxyl groups is 2. The van der Waals surface area contributed by atoms with Crippen LogP contribution in [0.15, 0.2) is 23.5 Å². The van der Waals surface area contributed by atoms with Gasteiger partial charge in [-0.15, -0.1) is 0 Å². The number of nitrogens with zero attached hydrogens (tertiary/aromatic N) is 1. The summed E-state index contributed by atoms with van der Waals surface area (Å²) < 4.78 is 6.31. The SMILES string of the molecule is C/C(C(=O)NC1CCCCC1)=C(/O)[C@@H]1Oc2c(O)ccc3c2[C@@]12CCN(CC1CC1)[C@H](C3)[C@@]2(C)O. The third kappa shape index (κ3) is 3.41. The van der Waals surface area contributed by atoms with Crippen LogP contribution in [0.25, 0.3) is 0 Å². The Hall–Kier alpha value is -2.25. The average molecular weight is 483 g/mol. The molecule has 0 aromatic heterocycles. The second-order valence-electron chi connectivity index (χ2n) is 11.8. The molecule has 2 heterocycles. The lowest BCUT2D eigenvalue weighted by molar-refractivity contribution is -0.153. The van der Waals surface area contributed by atoms with Gasteiger partial charge in [0.15, 0.2) is 17.6 Å². The average Bonchev–Trinajstić information content (AvgIpc) is 3.58. The van der Waals surface area contributed by atoms with Gasteiger partial charge < -0.3 is 25.4 Å². The summed E-state index contributed by atoms with van der Waals surface area (Å²) in [5.74, 6) is 0.627. The van der Waals surface area contributed by atoms with Crippen LogP contribution >= 0.6 is 0 Å². The van der Waals surface area contributed by atoms with Crippen LogP contribution in [0.2, 0.25) is 0 Å². The molecule has 1 spiro atoms. The Balaban J connectivity index is 1.40. The molecule has 7 nitrogen and oxygen atoms in total. The fourth-order valence-electron chi connectivity index (χ4n) is 7.43. The second kappa shape index (κ2) is 8.13. The number of aliphatic hydroxyl groups excluding tert-OH is 1. The summed E-state index contributed by atoms with van der Waals surface area (Å²) in [6.45, 7) is 5.26. The number of benzene rings is 1. The van der Waals surface area contributed by atoms with Crippen LogP contribution in [0.4, 0.5) is 0 Å². The van der Waals surface area contributed by atoms with Crippen LogP contribution in [0.1, 0.15) is 76.3 Å². The quantitative estimate of drug-likeness (QED) is 0.379. The van der Waals surface area contributed by atoms with Crippen LogP contribution in [-0.4, -0.2) is 63.0 Å². The van der Waals surface area contributed by atoms with E-state index in [4.69, 9.17) is 4.74 Å². The minimum Gasteiger partial charge on any atom is -0.508 e. The van der Waals surface area contributed by atoms with Crippen molar-refractivity contribution < 1.29 is 24.9 Å². The molecule has 2 saturated carbocycles. The molecule has 3 aliphatic carbocycles. The highest BCUT2D eigenvalue weighted by Crippen LogP contribution is 2.63. The zero-order chi connectivity index (χ0) is 24.5. The third-order valence-corrected chi connectivity index (χ3v) is 9.66. The van der Waals surface area contributed by atoms with Gasteiger partial charge in [0.25, 0.3) is 5.91 Å². The van der Waals surface area contributed by atoms with Gasteiger partial charge in [-0.2, -0.15) is 0 Å². The Labute approximate surface area is 207 Å². The first kappa shape index (κ1) is 23.2.